The van der Waals surface area contributed by atoms with Crippen LogP contribution >= 0.6 is 11.3 Å². The standard InChI is InChI=1S/C18H30N2O2S/c1-13(19-14(2)16-9-7-11-23-16)15-8-6-10-20(12-15)17(21)22-18(3,4)5/h7,9,11,13-15,19H,6,8,10,12H2,1-5H3/t13?,14-,15?/m1/s1. The highest BCUT2D eigenvalue weighted by molar-refractivity contribution is 7.10. The molecule has 2 heterocycles. The third kappa shape index (κ3) is 5.50. The molecule has 23 heavy (non-hydrogen) atoms. The number of ether oxygens (including phenoxy) is 1. The maximum atomic E-state index is 12.3. The molecule has 1 aliphatic rings. The Morgan fingerprint density at radius 2 is 2.17 bits per heavy atom. The van der Waals surface area contributed by atoms with Crippen LogP contribution in [0, 0.1) is 5.92 Å². The van der Waals surface area contributed by atoms with Gasteiger partial charge >= 0.3 is 6.09 Å². The zero-order chi connectivity index (χ0) is 17.0. The van der Waals surface area contributed by atoms with E-state index in [1.54, 1.807) is 11.3 Å². The van der Waals surface area contributed by atoms with Crippen molar-refractivity contribution < 1.29 is 9.53 Å². The fourth-order valence-corrected chi connectivity index (χ4v) is 3.80. The van der Waals surface area contributed by atoms with Gasteiger partial charge in [-0.25, -0.2) is 4.79 Å². The Bertz CT molecular complexity index is 496. The molecule has 1 aromatic rings. The number of nitrogens with zero attached hydrogens (tertiary/aromatic N) is 1. The molecule has 2 unspecified atom stereocenters. The number of hydrogen-bond donors (Lipinski definition) is 1. The second-order valence-electron chi connectivity index (χ2n) is 7.52. The van der Waals surface area contributed by atoms with Crippen LogP contribution in [0.4, 0.5) is 4.79 Å². The Balaban J connectivity index is 1.88. The van der Waals surface area contributed by atoms with Crippen LogP contribution in [0.3, 0.4) is 0 Å². The lowest BCUT2D eigenvalue weighted by atomic mass is 9.91. The van der Waals surface area contributed by atoms with E-state index in [2.05, 4.69) is 36.7 Å². The molecule has 2 rings (SSSR count). The van der Waals surface area contributed by atoms with Crippen molar-refractivity contribution in [3.05, 3.63) is 22.4 Å². The number of likely N-dealkylation sites (tertiary alicyclic amines) is 1. The third-order valence-corrected chi connectivity index (χ3v) is 5.35. The SMILES string of the molecule is CC(N[C@H](C)c1cccs1)C1CCCN(C(=O)OC(C)(C)C)C1. The van der Waals surface area contributed by atoms with Crippen molar-refractivity contribution in [3.8, 4) is 0 Å². The Kier molecular flexibility index (Phi) is 6.09. The first-order valence-corrected chi connectivity index (χ1v) is 9.41. The molecule has 0 spiro atoms. The van der Waals surface area contributed by atoms with Crippen LogP contribution in [0.15, 0.2) is 17.5 Å². The van der Waals surface area contributed by atoms with Crippen molar-refractivity contribution in [2.75, 3.05) is 13.1 Å². The Labute approximate surface area is 144 Å². The lowest BCUT2D eigenvalue weighted by Gasteiger charge is -2.37. The van der Waals surface area contributed by atoms with Gasteiger partial charge in [-0.15, -0.1) is 11.3 Å². The van der Waals surface area contributed by atoms with Gasteiger partial charge in [-0.3, -0.25) is 0 Å². The molecule has 0 saturated carbocycles. The minimum Gasteiger partial charge on any atom is -0.444 e. The molecule has 1 N–H and O–H groups in total. The summed E-state index contributed by atoms with van der Waals surface area (Å²) in [5.74, 6) is 0.471. The van der Waals surface area contributed by atoms with Crippen LogP contribution in [-0.4, -0.2) is 35.7 Å². The van der Waals surface area contributed by atoms with E-state index in [4.69, 9.17) is 4.74 Å². The predicted octanol–water partition coefficient (Wildman–Crippen LogP) is 4.43. The summed E-state index contributed by atoms with van der Waals surface area (Å²) in [7, 11) is 0. The summed E-state index contributed by atoms with van der Waals surface area (Å²) in [6, 6.07) is 4.98. The molecular weight excluding hydrogens is 308 g/mol. The summed E-state index contributed by atoms with van der Waals surface area (Å²) in [4.78, 5) is 15.5. The zero-order valence-corrected chi connectivity index (χ0v) is 15.8. The number of hydrogen-bond acceptors (Lipinski definition) is 4. The molecule has 0 aliphatic carbocycles. The minimum absolute atomic E-state index is 0.180. The van der Waals surface area contributed by atoms with Crippen molar-refractivity contribution in [2.24, 2.45) is 5.92 Å². The molecule has 1 saturated heterocycles. The molecule has 4 nitrogen and oxygen atoms in total. The number of thiophene rings is 1. The second kappa shape index (κ2) is 7.67. The van der Waals surface area contributed by atoms with Crippen LogP contribution in [0.1, 0.15) is 58.4 Å². The zero-order valence-electron chi connectivity index (χ0n) is 15.0. The van der Waals surface area contributed by atoms with E-state index in [0.29, 0.717) is 18.0 Å². The fourth-order valence-electron chi connectivity index (χ4n) is 3.06. The van der Waals surface area contributed by atoms with Gasteiger partial charge in [0.25, 0.3) is 0 Å². The van der Waals surface area contributed by atoms with Gasteiger partial charge in [0.05, 0.1) is 0 Å². The topological polar surface area (TPSA) is 41.6 Å². The quantitative estimate of drug-likeness (QED) is 0.883. The summed E-state index contributed by atoms with van der Waals surface area (Å²) in [6.45, 7) is 11.8. The Hall–Kier alpha value is -1.07. The highest BCUT2D eigenvalue weighted by Crippen LogP contribution is 2.25. The van der Waals surface area contributed by atoms with Crippen LogP contribution in [0.5, 0.6) is 0 Å². The number of carbonyl (C=O) groups excluding carboxylic acids is 1. The van der Waals surface area contributed by atoms with E-state index in [1.807, 2.05) is 25.7 Å². The largest absolute Gasteiger partial charge is 0.444 e. The van der Waals surface area contributed by atoms with E-state index in [0.717, 1.165) is 25.9 Å². The number of amides is 1. The number of piperidine rings is 1. The van der Waals surface area contributed by atoms with Crippen molar-refractivity contribution in [2.45, 2.75) is 65.1 Å². The molecule has 1 amide bonds. The molecular formula is C18H30N2O2S. The molecule has 1 fully saturated rings. The molecule has 0 aromatic carbocycles. The molecule has 3 atom stereocenters. The van der Waals surface area contributed by atoms with E-state index in [1.165, 1.54) is 4.88 Å². The average Bonchev–Trinajstić information content (AvgIpc) is 3.00. The summed E-state index contributed by atoms with van der Waals surface area (Å²) < 4.78 is 5.51. The van der Waals surface area contributed by atoms with E-state index in [-0.39, 0.29) is 6.09 Å². The van der Waals surface area contributed by atoms with E-state index < -0.39 is 5.60 Å². The molecule has 1 aromatic heterocycles. The first kappa shape index (κ1) is 18.3. The van der Waals surface area contributed by atoms with Gasteiger partial charge in [0, 0.05) is 30.1 Å². The second-order valence-corrected chi connectivity index (χ2v) is 8.50. The van der Waals surface area contributed by atoms with E-state index >= 15 is 0 Å². The summed E-state index contributed by atoms with van der Waals surface area (Å²) in [6.07, 6.45) is 2.02. The van der Waals surface area contributed by atoms with Crippen molar-refractivity contribution in [1.82, 2.24) is 10.2 Å². The van der Waals surface area contributed by atoms with Crippen LogP contribution in [0.25, 0.3) is 0 Å². The molecule has 0 bridgehead atoms. The van der Waals surface area contributed by atoms with Gasteiger partial charge in [0.15, 0.2) is 0 Å². The summed E-state index contributed by atoms with van der Waals surface area (Å²) in [5, 5.41) is 5.81. The summed E-state index contributed by atoms with van der Waals surface area (Å²) >= 11 is 1.78. The monoisotopic (exact) mass is 338 g/mol. The highest BCUT2D eigenvalue weighted by Gasteiger charge is 2.30. The minimum atomic E-state index is -0.429. The third-order valence-electron chi connectivity index (χ3n) is 4.30. The van der Waals surface area contributed by atoms with E-state index in [9.17, 15) is 4.79 Å². The number of rotatable bonds is 4. The molecule has 5 heteroatoms. The van der Waals surface area contributed by atoms with Gasteiger partial charge in [-0.1, -0.05) is 6.07 Å². The first-order chi connectivity index (χ1) is 10.8. The lowest BCUT2D eigenvalue weighted by molar-refractivity contribution is 0.0146. The first-order valence-electron chi connectivity index (χ1n) is 8.53. The molecule has 130 valence electrons. The fraction of sp³-hybridized carbons (Fsp3) is 0.722. The molecule has 0 radical (unpaired) electrons. The predicted molar refractivity (Wildman–Crippen MR) is 95.9 cm³/mol. The average molecular weight is 339 g/mol. The maximum Gasteiger partial charge on any atom is 0.410 e. The summed E-state index contributed by atoms with van der Waals surface area (Å²) in [5.41, 5.74) is -0.429. The Morgan fingerprint density at radius 3 is 2.78 bits per heavy atom. The van der Waals surface area contributed by atoms with Crippen LogP contribution < -0.4 is 5.32 Å². The Morgan fingerprint density at radius 1 is 1.43 bits per heavy atom. The van der Waals surface area contributed by atoms with Crippen molar-refractivity contribution in [3.63, 3.8) is 0 Å². The van der Waals surface area contributed by atoms with Gasteiger partial charge in [0.2, 0.25) is 0 Å². The normalized spacial score (nSPS) is 21.8. The van der Waals surface area contributed by atoms with Gasteiger partial charge in [-0.2, -0.15) is 0 Å². The number of nitrogens with one attached hydrogen (secondary N) is 1. The van der Waals surface area contributed by atoms with Gasteiger partial charge < -0.3 is 15.0 Å². The van der Waals surface area contributed by atoms with Crippen LogP contribution in [-0.2, 0) is 4.74 Å². The number of carbonyl (C=O) groups is 1. The van der Waals surface area contributed by atoms with Crippen LogP contribution in [0.2, 0.25) is 0 Å². The smallest absolute Gasteiger partial charge is 0.410 e. The lowest BCUT2D eigenvalue weighted by Crippen LogP contribution is -2.48. The molecule has 1 aliphatic heterocycles. The van der Waals surface area contributed by atoms with Crippen molar-refractivity contribution >= 4 is 17.4 Å². The van der Waals surface area contributed by atoms with Crippen molar-refractivity contribution in [1.29, 1.82) is 0 Å². The van der Waals surface area contributed by atoms with Gasteiger partial charge in [-0.05, 0) is 64.8 Å². The van der Waals surface area contributed by atoms with Gasteiger partial charge in [0.1, 0.15) is 5.60 Å². The highest BCUT2D eigenvalue weighted by atomic mass is 32.1. The maximum absolute atomic E-state index is 12.3.